The number of nitrogens with one attached hydrogen (secondary N) is 1. The maximum Gasteiger partial charge on any atom is 0.0314 e. The summed E-state index contributed by atoms with van der Waals surface area (Å²) in [5, 5.41) is 5.84. The number of hydrogen-bond donors (Lipinski definition) is 1. The summed E-state index contributed by atoms with van der Waals surface area (Å²) in [4.78, 5) is 1.48. The van der Waals surface area contributed by atoms with Crippen LogP contribution in [0, 0.1) is 5.92 Å². The summed E-state index contributed by atoms with van der Waals surface area (Å²) in [5.41, 5.74) is 0. The van der Waals surface area contributed by atoms with Crippen molar-refractivity contribution in [3.8, 4) is 0 Å². The van der Waals surface area contributed by atoms with Crippen LogP contribution in [0.15, 0.2) is 15.9 Å². The summed E-state index contributed by atoms with van der Waals surface area (Å²) in [6, 6.07) is 2.82. The fraction of sp³-hybridized carbons (Fsp3) is 0.714. The third kappa shape index (κ3) is 6.03. The maximum atomic E-state index is 3.67. The lowest BCUT2D eigenvalue weighted by Crippen LogP contribution is -2.31. The first kappa shape index (κ1) is 15.2. The molecule has 0 aliphatic rings. The molecule has 0 aromatic carbocycles. The van der Waals surface area contributed by atoms with Crippen LogP contribution in [0.3, 0.4) is 0 Å². The van der Waals surface area contributed by atoms with Crippen LogP contribution in [0.25, 0.3) is 0 Å². The van der Waals surface area contributed by atoms with Crippen LogP contribution in [0.4, 0.5) is 0 Å². The van der Waals surface area contributed by atoms with Gasteiger partial charge in [0, 0.05) is 15.4 Å². The monoisotopic (exact) mass is 317 g/mol. The molecule has 0 fully saturated rings. The standard InChI is InChI=1S/C14H24BrNS/c1-4-8-16-12(10-11(2)3)5-6-14-13(15)7-9-17-14/h7,9,11-12,16H,4-6,8,10H2,1-3H3. The minimum atomic E-state index is 0.670. The second kappa shape index (κ2) is 8.28. The molecule has 0 spiro atoms. The van der Waals surface area contributed by atoms with Gasteiger partial charge in [0.05, 0.1) is 0 Å². The van der Waals surface area contributed by atoms with Gasteiger partial charge < -0.3 is 5.32 Å². The van der Waals surface area contributed by atoms with Gasteiger partial charge in [0.2, 0.25) is 0 Å². The van der Waals surface area contributed by atoms with E-state index in [9.17, 15) is 0 Å². The van der Waals surface area contributed by atoms with Gasteiger partial charge in [0.1, 0.15) is 0 Å². The van der Waals surface area contributed by atoms with Crippen LogP contribution in [-0.2, 0) is 6.42 Å². The minimum Gasteiger partial charge on any atom is -0.314 e. The van der Waals surface area contributed by atoms with Crippen molar-refractivity contribution in [1.29, 1.82) is 0 Å². The van der Waals surface area contributed by atoms with E-state index < -0.39 is 0 Å². The highest BCUT2D eigenvalue weighted by atomic mass is 79.9. The summed E-state index contributed by atoms with van der Waals surface area (Å²) in [5.74, 6) is 0.774. The molecule has 1 rings (SSSR count). The van der Waals surface area contributed by atoms with E-state index in [1.807, 2.05) is 11.3 Å². The predicted molar refractivity (Wildman–Crippen MR) is 81.9 cm³/mol. The van der Waals surface area contributed by atoms with Gasteiger partial charge in [-0.15, -0.1) is 11.3 Å². The third-order valence-electron chi connectivity index (χ3n) is 2.85. The van der Waals surface area contributed by atoms with Crippen molar-refractivity contribution in [2.45, 2.75) is 52.5 Å². The molecule has 98 valence electrons. The van der Waals surface area contributed by atoms with Crippen molar-refractivity contribution in [3.05, 3.63) is 20.8 Å². The summed E-state index contributed by atoms with van der Waals surface area (Å²) in [6.07, 6.45) is 4.93. The van der Waals surface area contributed by atoms with Crippen LogP contribution in [-0.4, -0.2) is 12.6 Å². The molecule has 0 radical (unpaired) electrons. The average molecular weight is 318 g/mol. The van der Waals surface area contributed by atoms with Gasteiger partial charge in [-0.05, 0) is 65.5 Å². The molecule has 0 saturated heterocycles. The second-order valence-electron chi connectivity index (χ2n) is 5.01. The lowest BCUT2D eigenvalue weighted by Gasteiger charge is -2.20. The molecule has 1 atom stereocenters. The van der Waals surface area contributed by atoms with Crippen LogP contribution in [0.5, 0.6) is 0 Å². The Morgan fingerprint density at radius 3 is 2.71 bits per heavy atom. The Morgan fingerprint density at radius 2 is 2.18 bits per heavy atom. The molecule has 1 aromatic heterocycles. The second-order valence-corrected chi connectivity index (χ2v) is 6.87. The lowest BCUT2D eigenvalue weighted by atomic mass is 9.99. The van der Waals surface area contributed by atoms with Gasteiger partial charge in [0.25, 0.3) is 0 Å². The van der Waals surface area contributed by atoms with Gasteiger partial charge in [0.15, 0.2) is 0 Å². The van der Waals surface area contributed by atoms with Crippen molar-refractivity contribution in [2.24, 2.45) is 5.92 Å². The Bertz CT molecular complexity index is 309. The fourth-order valence-electron chi connectivity index (χ4n) is 2.03. The molecule has 0 aliphatic carbocycles. The minimum absolute atomic E-state index is 0.670. The van der Waals surface area contributed by atoms with E-state index >= 15 is 0 Å². The van der Waals surface area contributed by atoms with Gasteiger partial charge in [-0.3, -0.25) is 0 Å². The maximum absolute atomic E-state index is 3.67. The predicted octanol–water partition coefficient (Wildman–Crippen LogP) is 4.86. The molecule has 1 nitrogen and oxygen atoms in total. The first-order valence-corrected chi connectivity index (χ1v) is 8.26. The molecule has 0 aliphatic heterocycles. The smallest absolute Gasteiger partial charge is 0.0314 e. The van der Waals surface area contributed by atoms with Gasteiger partial charge >= 0.3 is 0 Å². The average Bonchev–Trinajstić information content (AvgIpc) is 2.67. The van der Waals surface area contributed by atoms with E-state index in [-0.39, 0.29) is 0 Å². The van der Waals surface area contributed by atoms with Crippen molar-refractivity contribution < 1.29 is 0 Å². The topological polar surface area (TPSA) is 12.0 Å². The first-order chi connectivity index (χ1) is 8.13. The van der Waals surface area contributed by atoms with Crippen molar-refractivity contribution in [2.75, 3.05) is 6.54 Å². The van der Waals surface area contributed by atoms with E-state index in [1.165, 1.54) is 35.0 Å². The summed E-state index contributed by atoms with van der Waals surface area (Å²) in [7, 11) is 0. The Balaban J connectivity index is 2.40. The number of halogens is 1. The van der Waals surface area contributed by atoms with Crippen LogP contribution in [0.1, 0.15) is 44.9 Å². The highest BCUT2D eigenvalue weighted by Crippen LogP contribution is 2.25. The van der Waals surface area contributed by atoms with Crippen molar-refractivity contribution in [3.63, 3.8) is 0 Å². The van der Waals surface area contributed by atoms with Crippen LogP contribution in [0.2, 0.25) is 0 Å². The quantitative estimate of drug-likeness (QED) is 0.722. The van der Waals surface area contributed by atoms with Gasteiger partial charge in [-0.25, -0.2) is 0 Å². The first-order valence-electron chi connectivity index (χ1n) is 6.58. The molecular formula is C14H24BrNS. The molecule has 0 amide bonds. The van der Waals surface area contributed by atoms with Gasteiger partial charge in [-0.1, -0.05) is 20.8 Å². The van der Waals surface area contributed by atoms with Gasteiger partial charge in [-0.2, -0.15) is 0 Å². The molecule has 1 unspecified atom stereocenters. The lowest BCUT2D eigenvalue weighted by molar-refractivity contribution is 0.399. The number of hydrogen-bond acceptors (Lipinski definition) is 2. The Kier molecular flexibility index (Phi) is 7.40. The molecule has 17 heavy (non-hydrogen) atoms. The van der Waals surface area contributed by atoms with Crippen LogP contribution < -0.4 is 5.32 Å². The molecule has 3 heteroatoms. The molecule has 1 aromatic rings. The van der Waals surface area contributed by atoms with E-state index in [2.05, 4.69) is 53.5 Å². The molecule has 1 N–H and O–H groups in total. The summed E-state index contributed by atoms with van der Waals surface area (Å²) in [6.45, 7) is 7.99. The number of rotatable bonds is 8. The summed E-state index contributed by atoms with van der Waals surface area (Å²) >= 11 is 5.47. The SMILES string of the molecule is CCCNC(CCc1sccc1Br)CC(C)C. The highest BCUT2D eigenvalue weighted by Gasteiger charge is 2.11. The zero-order valence-corrected chi connectivity index (χ0v) is 13.5. The van der Waals surface area contributed by atoms with E-state index in [0.29, 0.717) is 6.04 Å². The molecule has 1 heterocycles. The Labute approximate surface area is 118 Å². The largest absolute Gasteiger partial charge is 0.314 e. The van der Waals surface area contributed by atoms with Crippen LogP contribution >= 0.6 is 27.3 Å². The Hall–Kier alpha value is 0.140. The summed E-state index contributed by atoms with van der Waals surface area (Å²) < 4.78 is 1.28. The molecule has 0 bridgehead atoms. The Morgan fingerprint density at radius 1 is 1.41 bits per heavy atom. The molecule has 0 saturated carbocycles. The normalized spacial score (nSPS) is 13.2. The third-order valence-corrected chi connectivity index (χ3v) is 4.84. The zero-order valence-electron chi connectivity index (χ0n) is 11.1. The van der Waals surface area contributed by atoms with E-state index in [1.54, 1.807) is 0 Å². The molecular weight excluding hydrogens is 294 g/mol. The number of aryl methyl sites for hydroxylation is 1. The van der Waals surface area contributed by atoms with E-state index in [4.69, 9.17) is 0 Å². The van der Waals surface area contributed by atoms with Crippen molar-refractivity contribution in [1.82, 2.24) is 5.32 Å². The fourth-order valence-corrected chi connectivity index (χ4v) is 3.60. The van der Waals surface area contributed by atoms with Crippen molar-refractivity contribution >= 4 is 27.3 Å². The van der Waals surface area contributed by atoms with E-state index in [0.717, 1.165) is 12.5 Å². The zero-order chi connectivity index (χ0) is 12.7. The highest BCUT2D eigenvalue weighted by molar-refractivity contribution is 9.10. The number of thiophene rings is 1.